The van der Waals surface area contributed by atoms with Gasteiger partial charge in [0.25, 0.3) is 0 Å². The summed E-state index contributed by atoms with van der Waals surface area (Å²) in [5, 5.41) is 3.41. The molecular formula is C13H15NS. The molecule has 0 fully saturated rings. The lowest BCUT2D eigenvalue weighted by Gasteiger charge is -1.98. The SMILES string of the molecule is CC(C)c1nc(Cc2ccccc2)cs1. The van der Waals surface area contributed by atoms with Crippen molar-refractivity contribution in [3.63, 3.8) is 0 Å². The minimum atomic E-state index is 0.541. The van der Waals surface area contributed by atoms with Gasteiger partial charge in [0.15, 0.2) is 0 Å². The van der Waals surface area contributed by atoms with E-state index in [0.29, 0.717) is 5.92 Å². The zero-order chi connectivity index (χ0) is 10.7. The van der Waals surface area contributed by atoms with E-state index in [4.69, 9.17) is 0 Å². The fraction of sp³-hybridized carbons (Fsp3) is 0.308. The summed E-state index contributed by atoms with van der Waals surface area (Å²) in [5.41, 5.74) is 2.52. The molecule has 0 aliphatic carbocycles. The highest BCUT2D eigenvalue weighted by Gasteiger charge is 2.05. The van der Waals surface area contributed by atoms with Gasteiger partial charge in [-0.1, -0.05) is 44.2 Å². The van der Waals surface area contributed by atoms with E-state index in [9.17, 15) is 0 Å². The second kappa shape index (κ2) is 4.58. The Bertz CT molecular complexity index is 417. The van der Waals surface area contributed by atoms with E-state index >= 15 is 0 Å². The second-order valence-corrected chi connectivity index (χ2v) is 4.88. The van der Waals surface area contributed by atoms with Crippen molar-refractivity contribution >= 4 is 11.3 Å². The number of benzene rings is 1. The Balaban J connectivity index is 2.12. The largest absolute Gasteiger partial charge is 0.246 e. The van der Waals surface area contributed by atoms with Crippen molar-refractivity contribution in [1.29, 1.82) is 0 Å². The highest BCUT2D eigenvalue weighted by Crippen LogP contribution is 2.20. The molecule has 0 spiro atoms. The third-order valence-corrected chi connectivity index (χ3v) is 3.49. The van der Waals surface area contributed by atoms with Gasteiger partial charge in [0.2, 0.25) is 0 Å². The summed E-state index contributed by atoms with van der Waals surface area (Å²) in [7, 11) is 0. The van der Waals surface area contributed by atoms with E-state index in [2.05, 4.69) is 48.5 Å². The van der Waals surface area contributed by atoms with E-state index in [1.54, 1.807) is 11.3 Å². The lowest BCUT2D eigenvalue weighted by Crippen LogP contribution is -1.90. The van der Waals surface area contributed by atoms with E-state index in [1.165, 1.54) is 16.3 Å². The van der Waals surface area contributed by atoms with Crippen LogP contribution in [0.25, 0.3) is 0 Å². The third kappa shape index (κ3) is 2.66. The van der Waals surface area contributed by atoms with Crippen LogP contribution >= 0.6 is 11.3 Å². The van der Waals surface area contributed by atoms with Crippen LogP contribution in [-0.2, 0) is 6.42 Å². The zero-order valence-corrected chi connectivity index (χ0v) is 9.92. The van der Waals surface area contributed by atoms with Gasteiger partial charge in [-0.25, -0.2) is 4.98 Å². The third-order valence-electron chi connectivity index (χ3n) is 2.29. The summed E-state index contributed by atoms with van der Waals surface area (Å²) in [4.78, 5) is 4.62. The summed E-state index contributed by atoms with van der Waals surface area (Å²) in [6, 6.07) is 10.5. The standard InChI is InChI=1S/C13H15NS/c1-10(2)13-14-12(9-15-13)8-11-6-4-3-5-7-11/h3-7,9-10H,8H2,1-2H3. The first-order chi connectivity index (χ1) is 7.25. The molecule has 0 saturated heterocycles. The van der Waals surface area contributed by atoms with Crippen molar-refractivity contribution in [2.45, 2.75) is 26.2 Å². The maximum Gasteiger partial charge on any atom is 0.0953 e. The molecule has 0 radical (unpaired) electrons. The van der Waals surface area contributed by atoms with Crippen LogP contribution in [0.5, 0.6) is 0 Å². The Morgan fingerprint density at radius 1 is 1.20 bits per heavy atom. The van der Waals surface area contributed by atoms with Crippen LogP contribution < -0.4 is 0 Å². The second-order valence-electron chi connectivity index (χ2n) is 3.99. The Morgan fingerprint density at radius 2 is 1.93 bits per heavy atom. The van der Waals surface area contributed by atoms with E-state index in [0.717, 1.165) is 6.42 Å². The Labute approximate surface area is 94.8 Å². The minimum absolute atomic E-state index is 0.541. The van der Waals surface area contributed by atoms with Gasteiger partial charge in [-0.15, -0.1) is 11.3 Å². The first-order valence-corrected chi connectivity index (χ1v) is 6.12. The molecule has 1 heterocycles. The molecule has 0 bridgehead atoms. The van der Waals surface area contributed by atoms with Gasteiger partial charge in [-0.3, -0.25) is 0 Å². The molecule has 0 atom stereocenters. The fourth-order valence-corrected chi connectivity index (χ4v) is 2.31. The smallest absolute Gasteiger partial charge is 0.0953 e. The fourth-order valence-electron chi connectivity index (χ4n) is 1.47. The Kier molecular flexibility index (Phi) is 3.17. The molecule has 0 N–H and O–H groups in total. The molecule has 2 aromatic rings. The summed E-state index contributed by atoms with van der Waals surface area (Å²) in [5.74, 6) is 0.541. The van der Waals surface area contributed by atoms with Crippen LogP contribution in [0.3, 0.4) is 0 Å². The molecule has 1 aromatic carbocycles. The van der Waals surface area contributed by atoms with E-state index in [-0.39, 0.29) is 0 Å². The summed E-state index contributed by atoms with van der Waals surface area (Å²) in [6.45, 7) is 4.37. The monoisotopic (exact) mass is 217 g/mol. The van der Waals surface area contributed by atoms with Crippen LogP contribution in [0.15, 0.2) is 35.7 Å². The summed E-state index contributed by atoms with van der Waals surface area (Å²) >= 11 is 1.77. The highest BCUT2D eigenvalue weighted by molar-refractivity contribution is 7.09. The maximum absolute atomic E-state index is 4.62. The number of aromatic nitrogens is 1. The average molecular weight is 217 g/mol. The average Bonchev–Trinajstić information content (AvgIpc) is 2.68. The predicted molar refractivity (Wildman–Crippen MR) is 65.5 cm³/mol. The van der Waals surface area contributed by atoms with Crippen LogP contribution in [0.4, 0.5) is 0 Å². The molecule has 2 rings (SSSR count). The van der Waals surface area contributed by atoms with Gasteiger partial charge >= 0.3 is 0 Å². The van der Waals surface area contributed by atoms with Crippen LogP contribution in [0, 0.1) is 0 Å². The highest BCUT2D eigenvalue weighted by atomic mass is 32.1. The van der Waals surface area contributed by atoms with Crippen molar-refractivity contribution in [3.05, 3.63) is 52.0 Å². The molecule has 2 heteroatoms. The van der Waals surface area contributed by atoms with E-state index < -0.39 is 0 Å². The van der Waals surface area contributed by atoms with Crippen LogP contribution in [0.1, 0.15) is 36.0 Å². The maximum atomic E-state index is 4.62. The lowest BCUT2D eigenvalue weighted by molar-refractivity contribution is 0.842. The lowest BCUT2D eigenvalue weighted by atomic mass is 10.1. The first-order valence-electron chi connectivity index (χ1n) is 5.24. The van der Waals surface area contributed by atoms with Gasteiger partial charge in [-0.05, 0) is 5.56 Å². The molecule has 1 aromatic heterocycles. The van der Waals surface area contributed by atoms with Gasteiger partial charge in [0, 0.05) is 17.7 Å². The molecule has 78 valence electrons. The van der Waals surface area contributed by atoms with Crippen LogP contribution in [0.2, 0.25) is 0 Å². The molecule has 0 aliphatic heterocycles. The van der Waals surface area contributed by atoms with Gasteiger partial charge in [0.1, 0.15) is 0 Å². The number of nitrogens with zero attached hydrogens (tertiary/aromatic N) is 1. The Hall–Kier alpha value is -1.15. The van der Waals surface area contributed by atoms with Crippen LogP contribution in [-0.4, -0.2) is 4.98 Å². The van der Waals surface area contributed by atoms with Crippen molar-refractivity contribution < 1.29 is 0 Å². The number of thiazole rings is 1. The van der Waals surface area contributed by atoms with Crippen molar-refractivity contribution in [2.24, 2.45) is 0 Å². The summed E-state index contributed by atoms with van der Waals surface area (Å²) in [6.07, 6.45) is 0.948. The normalized spacial score (nSPS) is 10.9. The molecular weight excluding hydrogens is 202 g/mol. The molecule has 0 aliphatic rings. The van der Waals surface area contributed by atoms with Gasteiger partial charge in [-0.2, -0.15) is 0 Å². The first kappa shape index (κ1) is 10.4. The number of rotatable bonds is 3. The minimum Gasteiger partial charge on any atom is -0.246 e. The summed E-state index contributed by atoms with van der Waals surface area (Å²) < 4.78 is 0. The molecule has 1 nitrogen and oxygen atoms in total. The molecule has 15 heavy (non-hydrogen) atoms. The number of hydrogen-bond acceptors (Lipinski definition) is 2. The molecule has 0 saturated carbocycles. The van der Waals surface area contributed by atoms with Gasteiger partial charge in [0.05, 0.1) is 10.7 Å². The molecule has 0 amide bonds. The quantitative estimate of drug-likeness (QED) is 0.760. The molecule has 0 unspecified atom stereocenters. The Morgan fingerprint density at radius 3 is 2.53 bits per heavy atom. The van der Waals surface area contributed by atoms with Crippen molar-refractivity contribution in [3.8, 4) is 0 Å². The van der Waals surface area contributed by atoms with Crippen molar-refractivity contribution in [2.75, 3.05) is 0 Å². The predicted octanol–water partition coefficient (Wildman–Crippen LogP) is 3.86. The van der Waals surface area contributed by atoms with E-state index in [1.807, 2.05) is 6.07 Å². The van der Waals surface area contributed by atoms with Crippen molar-refractivity contribution in [1.82, 2.24) is 4.98 Å². The topological polar surface area (TPSA) is 12.9 Å². The zero-order valence-electron chi connectivity index (χ0n) is 9.10. The number of hydrogen-bond donors (Lipinski definition) is 0. The van der Waals surface area contributed by atoms with Gasteiger partial charge < -0.3 is 0 Å².